The molecule has 2 N–H and O–H groups in total. The molecule has 0 aliphatic heterocycles. The van der Waals surface area contributed by atoms with E-state index in [-0.39, 0.29) is 5.63 Å². The van der Waals surface area contributed by atoms with Crippen molar-refractivity contribution in [3.8, 4) is 5.75 Å². The summed E-state index contributed by atoms with van der Waals surface area (Å²) in [5, 5.41) is 12.2. The monoisotopic (exact) mass is 373 g/mol. The van der Waals surface area contributed by atoms with Crippen LogP contribution in [0, 0.1) is 6.92 Å². The fourth-order valence-electron chi connectivity index (χ4n) is 3.39. The smallest absolute Gasteiger partial charge is 0.339 e. The number of ether oxygens (including phenoxy) is 1. The number of fused-ring (bicyclic) bond motifs is 3. The molecule has 1 amide bonds. The highest BCUT2D eigenvalue weighted by Gasteiger charge is 2.23. The normalized spacial score (nSPS) is 15.7. The van der Waals surface area contributed by atoms with Crippen LogP contribution in [0.2, 0.25) is 0 Å². The number of aliphatic carboxylic acids is 1. The lowest BCUT2D eigenvalue weighted by atomic mass is 9.90. The van der Waals surface area contributed by atoms with Gasteiger partial charge in [-0.25, -0.2) is 4.79 Å². The summed E-state index contributed by atoms with van der Waals surface area (Å²) < 4.78 is 11.3. The van der Waals surface area contributed by atoms with Gasteiger partial charge in [-0.1, -0.05) is 0 Å². The molecule has 0 saturated carbocycles. The minimum Gasteiger partial charge on any atom is -0.480 e. The van der Waals surface area contributed by atoms with Crippen LogP contribution in [-0.2, 0) is 22.4 Å². The summed E-state index contributed by atoms with van der Waals surface area (Å²) in [5.41, 5.74) is 2.62. The average molecular weight is 373 g/mol. The first-order chi connectivity index (χ1) is 12.8. The molecule has 0 saturated heterocycles. The number of hydrogen-bond donors (Lipinski definition) is 2. The lowest BCUT2D eigenvalue weighted by molar-refractivity contribution is -0.142. The van der Waals surface area contributed by atoms with Gasteiger partial charge in [-0.3, -0.25) is 9.59 Å². The second-order valence-corrected chi connectivity index (χ2v) is 6.95. The van der Waals surface area contributed by atoms with Gasteiger partial charge in [-0.15, -0.1) is 0 Å². The first kappa shape index (κ1) is 18.9. The van der Waals surface area contributed by atoms with Gasteiger partial charge < -0.3 is 19.6 Å². The number of carboxylic acids is 1. The molecule has 0 fully saturated rings. The first-order valence-corrected chi connectivity index (χ1v) is 9.07. The third-order valence-corrected chi connectivity index (χ3v) is 4.99. The molecule has 0 spiro atoms. The van der Waals surface area contributed by atoms with Crippen LogP contribution in [0.1, 0.15) is 43.4 Å². The Labute approximate surface area is 156 Å². The molecular weight excluding hydrogens is 350 g/mol. The Kier molecular flexibility index (Phi) is 5.21. The van der Waals surface area contributed by atoms with Crippen LogP contribution < -0.4 is 15.7 Å². The zero-order chi connectivity index (χ0) is 19.7. The zero-order valence-corrected chi connectivity index (χ0v) is 15.6. The van der Waals surface area contributed by atoms with Gasteiger partial charge in [-0.05, 0) is 64.2 Å². The molecular formula is C20H23NO6. The summed E-state index contributed by atoms with van der Waals surface area (Å²) in [7, 11) is 0. The number of nitrogens with one attached hydrogen (secondary N) is 1. The van der Waals surface area contributed by atoms with Crippen molar-refractivity contribution in [3.63, 3.8) is 0 Å². The van der Waals surface area contributed by atoms with Crippen LogP contribution >= 0.6 is 0 Å². The standard InChI is InChI=1S/C20H23NO6/c1-10-16(26-12(3)18(22)21-11(2)19(23)24)9-8-14-13-6-4-5-7-15(13)20(25)27-17(10)14/h8-9,11-12H,4-7H2,1-3H3,(H,21,22)(H,23,24)/t11-,12-/m0/s1. The van der Waals surface area contributed by atoms with E-state index >= 15 is 0 Å². The Hall–Kier alpha value is -2.83. The minimum absolute atomic E-state index is 0.307. The highest BCUT2D eigenvalue weighted by atomic mass is 16.5. The van der Waals surface area contributed by atoms with E-state index in [1.165, 1.54) is 13.8 Å². The molecule has 1 aliphatic rings. The number of carbonyl (C=O) groups is 2. The third-order valence-electron chi connectivity index (χ3n) is 4.99. The molecule has 3 rings (SSSR count). The quantitative estimate of drug-likeness (QED) is 0.779. The maximum absolute atomic E-state index is 12.3. The van der Waals surface area contributed by atoms with Gasteiger partial charge >= 0.3 is 11.6 Å². The van der Waals surface area contributed by atoms with E-state index in [2.05, 4.69) is 5.32 Å². The van der Waals surface area contributed by atoms with Crippen molar-refractivity contribution in [2.24, 2.45) is 0 Å². The summed E-state index contributed by atoms with van der Waals surface area (Å²) in [4.78, 5) is 35.3. The van der Waals surface area contributed by atoms with Crippen molar-refractivity contribution in [2.45, 2.75) is 58.6 Å². The maximum atomic E-state index is 12.3. The van der Waals surface area contributed by atoms with Crippen molar-refractivity contribution in [2.75, 3.05) is 0 Å². The van der Waals surface area contributed by atoms with Crippen molar-refractivity contribution in [1.29, 1.82) is 0 Å². The van der Waals surface area contributed by atoms with Crippen molar-refractivity contribution in [1.82, 2.24) is 5.32 Å². The molecule has 144 valence electrons. The van der Waals surface area contributed by atoms with E-state index in [1.54, 1.807) is 13.0 Å². The van der Waals surface area contributed by atoms with Crippen LogP contribution in [-0.4, -0.2) is 29.1 Å². The second-order valence-electron chi connectivity index (χ2n) is 6.95. The van der Waals surface area contributed by atoms with Gasteiger partial charge in [0.05, 0.1) is 0 Å². The van der Waals surface area contributed by atoms with Crippen molar-refractivity contribution < 1.29 is 23.8 Å². The molecule has 1 aromatic carbocycles. The summed E-state index contributed by atoms with van der Waals surface area (Å²) in [6.07, 6.45) is 2.73. The number of hydrogen-bond acceptors (Lipinski definition) is 5. The molecule has 1 aliphatic carbocycles. The molecule has 0 unspecified atom stereocenters. The number of aryl methyl sites for hydroxylation is 2. The largest absolute Gasteiger partial charge is 0.480 e. The number of benzene rings is 1. The summed E-state index contributed by atoms with van der Waals surface area (Å²) in [5.74, 6) is -1.23. The third kappa shape index (κ3) is 3.67. The highest BCUT2D eigenvalue weighted by molar-refractivity contribution is 5.87. The SMILES string of the molecule is Cc1c(O[C@@H](C)C(=O)N[C@@H](C)C(=O)O)ccc2c3c(c(=O)oc12)CCCC3. The van der Waals surface area contributed by atoms with E-state index < -0.39 is 24.0 Å². The fraction of sp³-hybridized carbons (Fsp3) is 0.450. The van der Waals surface area contributed by atoms with Crippen LogP contribution in [0.15, 0.2) is 21.3 Å². The van der Waals surface area contributed by atoms with Gasteiger partial charge in [0.2, 0.25) is 0 Å². The summed E-state index contributed by atoms with van der Waals surface area (Å²) >= 11 is 0. The Morgan fingerprint density at radius 1 is 1.19 bits per heavy atom. The Bertz CT molecular complexity index is 961. The van der Waals surface area contributed by atoms with E-state index in [0.29, 0.717) is 16.9 Å². The minimum atomic E-state index is -1.12. The predicted molar refractivity (Wildman–Crippen MR) is 99.2 cm³/mol. The number of rotatable bonds is 5. The molecule has 0 bridgehead atoms. The number of carboxylic acid groups (broad SMARTS) is 1. The lowest BCUT2D eigenvalue weighted by Gasteiger charge is -2.20. The second kappa shape index (κ2) is 7.42. The van der Waals surface area contributed by atoms with Crippen LogP contribution in [0.4, 0.5) is 0 Å². The lowest BCUT2D eigenvalue weighted by Crippen LogP contribution is -2.44. The van der Waals surface area contributed by atoms with Crippen molar-refractivity contribution in [3.05, 3.63) is 39.2 Å². The van der Waals surface area contributed by atoms with Gasteiger partial charge in [0.15, 0.2) is 6.10 Å². The molecule has 2 aromatic rings. The van der Waals surface area contributed by atoms with Gasteiger partial charge in [0.1, 0.15) is 17.4 Å². The van der Waals surface area contributed by atoms with E-state index in [1.807, 2.05) is 6.07 Å². The molecule has 7 heteroatoms. The number of amides is 1. The predicted octanol–water partition coefficient (Wildman–Crippen LogP) is 2.34. The Morgan fingerprint density at radius 3 is 2.52 bits per heavy atom. The van der Waals surface area contributed by atoms with E-state index in [0.717, 1.165) is 42.2 Å². The van der Waals surface area contributed by atoms with Crippen LogP contribution in [0.3, 0.4) is 0 Å². The van der Waals surface area contributed by atoms with Crippen LogP contribution in [0.25, 0.3) is 11.0 Å². The molecule has 2 atom stereocenters. The van der Waals surface area contributed by atoms with Crippen molar-refractivity contribution >= 4 is 22.8 Å². The fourth-order valence-corrected chi connectivity index (χ4v) is 3.39. The molecule has 1 heterocycles. The van der Waals surface area contributed by atoms with Gasteiger partial charge in [-0.2, -0.15) is 0 Å². The molecule has 27 heavy (non-hydrogen) atoms. The topological polar surface area (TPSA) is 106 Å². The molecule has 7 nitrogen and oxygen atoms in total. The molecule has 1 aromatic heterocycles. The number of carbonyl (C=O) groups excluding carboxylic acids is 1. The van der Waals surface area contributed by atoms with Gasteiger partial charge in [0.25, 0.3) is 5.91 Å². The first-order valence-electron chi connectivity index (χ1n) is 9.07. The maximum Gasteiger partial charge on any atom is 0.339 e. The van der Waals surface area contributed by atoms with Crippen LogP contribution in [0.5, 0.6) is 5.75 Å². The summed E-state index contributed by atoms with van der Waals surface area (Å²) in [6, 6.07) is 2.61. The highest BCUT2D eigenvalue weighted by Crippen LogP contribution is 2.32. The summed E-state index contributed by atoms with van der Waals surface area (Å²) in [6.45, 7) is 4.70. The Morgan fingerprint density at radius 2 is 1.85 bits per heavy atom. The van der Waals surface area contributed by atoms with E-state index in [4.69, 9.17) is 14.3 Å². The van der Waals surface area contributed by atoms with E-state index in [9.17, 15) is 14.4 Å². The van der Waals surface area contributed by atoms with Gasteiger partial charge in [0, 0.05) is 16.5 Å². The average Bonchev–Trinajstić information content (AvgIpc) is 2.64. The zero-order valence-electron chi connectivity index (χ0n) is 15.6. The Balaban J connectivity index is 1.90. The molecule has 0 radical (unpaired) electrons.